The number of phenols is 1. The lowest BCUT2D eigenvalue weighted by molar-refractivity contribution is 0.0598. The van der Waals surface area contributed by atoms with Gasteiger partial charge in [0.15, 0.2) is 11.6 Å². The molecule has 2 aliphatic carbocycles. The molecule has 0 unspecified atom stereocenters. The smallest absolute Gasteiger partial charge is 0.455 e. The van der Waals surface area contributed by atoms with Crippen molar-refractivity contribution in [2.24, 2.45) is 17.8 Å². The van der Waals surface area contributed by atoms with Crippen molar-refractivity contribution in [2.75, 3.05) is 0 Å². The Morgan fingerprint density at radius 1 is 1.05 bits per heavy atom. The van der Waals surface area contributed by atoms with Gasteiger partial charge in [-0.15, -0.1) is 0 Å². The van der Waals surface area contributed by atoms with Gasteiger partial charge in [0.1, 0.15) is 5.75 Å². The molecule has 2 aromatic carbocycles. The van der Waals surface area contributed by atoms with E-state index in [0.717, 1.165) is 36.8 Å². The van der Waals surface area contributed by atoms with Gasteiger partial charge in [-0.2, -0.15) is 0 Å². The highest BCUT2D eigenvalue weighted by molar-refractivity contribution is 6.43. The second kappa shape index (κ2) is 10.8. The molecule has 5 rings (SSSR count). The van der Waals surface area contributed by atoms with Crippen molar-refractivity contribution in [2.45, 2.75) is 64.8 Å². The first-order valence-electron chi connectivity index (χ1n) is 13.6. The van der Waals surface area contributed by atoms with Gasteiger partial charge >= 0.3 is 7.12 Å². The number of Topliss-reactive ketones (excluding diaryl/α,β-unsaturated/α-hetero) is 2. The van der Waals surface area contributed by atoms with Gasteiger partial charge in [0.2, 0.25) is 0 Å². The predicted octanol–water partition coefficient (Wildman–Crippen LogP) is 6.27. The van der Waals surface area contributed by atoms with Crippen molar-refractivity contribution in [1.82, 2.24) is 0 Å². The number of phenolic OH excluding ortho intramolecular Hbond substituents is 1. The Morgan fingerprint density at radius 3 is 2.51 bits per heavy atom. The lowest BCUT2D eigenvalue weighted by atomic mass is 9.54. The third kappa shape index (κ3) is 4.97. The Bertz CT molecular complexity index is 1260. The van der Waals surface area contributed by atoms with Crippen LogP contribution in [0.2, 0.25) is 6.32 Å². The third-order valence-electron chi connectivity index (χ3n) is 8.34. The molecule has 2 aromatic rings. The third-order valence-corrected chi connectivity index (χ3v) is 8.34. The van der Waals surface area contributed by atoms with Gasteiger partial charge in [-0.05, 0) is 67.6 Å². The molecule has 0 radical (unpaired) electrons. The van der Waals surface area contributed by atoms with Crippen LogP contribution in [0.3, 0.4) is 0 Å². The minimum absolute atomic E-state index is 0.0316. The normalized spacial score (nSPS) is 25.6. The van der Waals surface area contributed by atoms with Crippen molar-refractivity contribution < 1.29 is 24.4 Å². The molecule has 0 aromatic heterocycles. The number of allylic oxidation sites excluding steroid dienone is 2. The molecular formula is C31H35BO5. The van der Waals surface area contributed by atoms with E-state index >= 15 is 0 Å². The summed E-state index contributed by atoms with van der Waals surface area (Å²) < 4.78 is 6.14. The zero-order valence-corrected chi connectivity index (χ0v) is 21.7. The molecule has 0 saturated carbocycles. The topological polar surface area (TPSA) is 83.8 Å². The van der Waals surface area contributed by atoms with Crippen LogP contribution in [-0.4, -0.2) is 34.9 Å². The highest BCUT2D eigenvalue weighted by Crippen LogP contribution is 2.51. The molecule has 192 valence electrons. The van der Waals surface area contributed by atoms with Crippen LogP contribution in [0, 0.1) is 17.8 Å². The van der Waals surface area contributed by atoms with E-state index in [9.17, 15) is 19.7 Å². The molecule has 1 fully saturated rings. The van der Waals surface area contributed by atoms with Crippen LogP contribution < -0.4 is 0 Å². The monoisotopic (exact) mass is 498 g/mol. The summed E-state index contributed by atoms with van der Waals surface area (Å²) in [5.74, 6) is -0.644. The molecule has 1 aliphatic heterocycles. The first-order chi connectivity index (χ1) is 17.9. The van der Waals surface area contributed by atoms with Gasteiger partial charge < -0.3 is 14.8 Å². The van der Waals surface area contributed by atoms with Crippen LogP contribution in [0.15, 0.2) is 65.3 Å². The van der Waals surface area contributed by atoms with E-state index in [-0.39, 0.29) is 35.3 Å². The van der Waals surface area contributed by atoms with E-state index < -0.39 is 13.0 Å². The zero-order chi connectivity index (χ0) is 26.1. The fourth-order valence-electron chi connectivity index (χ4n) is 6.72. The molecule has 1 saturated heterocycles. The maximum atomic E-state index is 13.7. The Morgan fingerprint density at radius 2 is 1.81 bits per heavy atom. The van der Waals surface area contributed by atoms with Crippen LogP contribution in [0.5, 0.6) is 5.75 Å². The molecule has 4 atom stereocenters. The molecule has 37 heavy (non-hydrogen) atoms. The van der Waals surface area contributed by atoms with E-state index in [1.54, 1.807) is 24.3 Å². The number of carbonyl (C=O) groups excluding carboxylic acids is 2. The summed E-state index contributed by atoms with van der Waals surface area (Å²) in [4.78, 5) is 27.3. The largest absolute Gasteiger partial charge is 0.508 e. The van der Waals surface area contributed by atoms with Crippen LogP contribution in [0.1, 0.15) is 78.7 Å². The number of fused-ring (bicyclic) bond motifs is 4. The summed E-state index contributed by atoms with van der Waals surface area (Å²) in [6, 6.07) is 14.4. The molecule has 0 bridgehead atoms. The van der Waals surface area contributed by atoms with Crippen LogP contribution in [0.25, 0.3) is 6.08 Å². The summed E-state index contributed by atoms with van der Waals surface area (Å²) in [5, 5.41) is 20.6. The first-order valence-corrected chi connectivity index (χ1v) is 13.6. The van der Waals surface area contributed by atoms with E-state index in [1.807, 2.05) is 24.3 Å². The van der Waals surface area contributed by atoms with Crippen LogP contribution in [0.4, 0.5) is 0 Å². The number of rotatable bonds is 7. The minimum Gasteiger partial charge on any atom is -0.508 e. The van der Waals surface area contributed by atoms with Gasteiger partial charge in [-0.1, -0.05) is 73.9 Å². The fourth-order valence-corrected chi connectivity index (χ4v) is 6.72. The Labute approximate surface area is 219 Å². The Balaban J connectivity index is 1.47. The summed E-state index contributed by atoms with van der Waals surface area (Å²) in [6.07, 6.45) is 6.94. The first kappa shape index (κ1) is 25.7. The van der Waals surface area contributed by atoms with E-state index in [0.29, 0.717) is 30.3 Å². The van der Waals surface area contributed by atoms with Crippen molar-refractivity contribution in [3.05, 3.63) is 81.9 Å². The molecule has 0 spiro atoms. The van der Waals surface area contributed by atoms with Gasteiger partial charge in [-0.3, -0.25) is 9.59 Å². The summed E-state index contributed by atoms with van der Waals surface area (Å²) >= 11 is 0. The van der Waals surface area contributed by atoms with Gasteiger partial charge in [0.25, 0.3) is 0 Å². The minimum atomic E-state index is -0.958. The highest BCUT2D eigenvalue weighted by Gasteiger charge is 2.53. The van der Waals surface area contributed by atoms with Crippen LogP contribution in [-0.2, 0) is 4.65 Å². The Hall–Kier alpha value is -2.96. The second-order valence-electron chi connectivity index (χ2n) is 10.6. The lowest BCUT2D eigenvalue weighted by Gasteiger charge is -2.47. The molecule has 0 amide bonds. The van der Waals surface area contributed by atoms with E-state index in [1.165, 1.54) is 11.1 Å². The van der Waals surface area contributed by atoms with Crippen molar-refractivity contribution in [3.8, 4) is 5.75 Å². The van der Waals surface area contributed by atoms with Gasteiger partial charge in [0, 0.05) is 23.0 Å². The number of hydrogen-bond acceptors (Lipinski definition) is 5. The van der Waals surface area contributed by atoms with Crippen molar-refractivity contribution in [3.63, 3.8) is 0 Å². The number of benzene rings is 2. The number of ketones is 2. The van der Waals surface area contributed by atoms with Crippen molar-refractivity contribution in [1.29, 1.82) is 0 Å². The van der Waals surface area contributed by atoms with Gasteiger partial charge in [-0.25, -0.2) is 0 Å². The standard InChI is InChI=1S/C31H35BO5/c1-3-8-21-17-25-29(31(35)24-12-6-5-11-23(24)30(25)34)26-18-32(36)37-27(28(21)26)14-13-19(4-2)15-20-9-7-10-22(33)16-20/h5-7,9-12,15-16,25-27,29,33,36H,3-4,8,13-14,17-18H2,1-2H3/b19-15+/t25-,26+,27-,29-/m1/s1. The van der Waals surface area contributed by atoms with Crippen LogP contribution >= 0.6 is 0 Å². The van der Waals surface area contributed by atoms with E-state index in [2.05, 4.69) is 19.9 Å². The average molecular weight is 498 g/mol. The highest BCUT2D eigenvalue weighted by atomic mass is 16.5. The van der Waals surface area contributed by atoms with E-state index in [4.69, 9.17) is 4.65 Å². The van der Waals surface area contributed by atoms with Gasteiger partial charge in [0.05, 0.1) is 6.10 Å². The quantitative estimate of drug-likeness (QED) is 0.347. The average Bonchev–Trinajstić information content (AvgIpc) is 2.89. The second-order valence-corrected chi connectivity index (χ2v) is 10.6. The summed E-state index contributed by atoms with van der Waals surface area (Å²) in [6.45, 7) is 4.25. The SMILES string of the molecule is CCCC1=C2[C@@H](CC/C(=C/c3cccc(O)c3)CC)OB(O)C[C@@H]2[C@@H]2C(=O)c3ccccc3C(=O)[C@@H]2C1. The number of hydrogen-bond donors (Lipinski definition) is 2. The fraction of sp³-hybridized carbons (Fsp3) is 0.419. The molecular weight excluding hydrogens is 463 g/mol. The maximum Gasteiger partial charge on any atom is 0.455 e. The predicted molar refractivity (Wildman–Crippen MR) is 145 cm³/mol. The van der Waals surface area contributed by atoms with Crippen molar-refractivity contribution >= 4 is 24.8 Å². The number of carbonyl (C=O) groups is 2. The maximum absolute atomic E-state index is 13.7. The molecule has 1 heterocycles. The summed E-state index contributed by atoms with van der Waals surface area (Å²) in [5.41, 5.74) is 5.64. The zero-order valence-electron chi connectivity index (χ0n) is 21.7. The summed E-state index contributed by atoms with van der Waals surface area (Å²) in [7, 11) is -0.958. The molecule has 3 aliphatic rings. The molecule has 5 nitrogen and oxygen atoms in total. The molecule has 2 N–H and O–H groups in total. The number of aromatic hydroxyl groups is 1. The Kier molecular flexibility index (Phi) is 7.50. The molecule has 6 heteroatoms. The lowest BCUT2D eigenvalue weighted by Crippen LogP contribution is -2.50.